The molecular formula is C72H48N3OP. The first-order valence-corrected chi connectivity index (χ1v) is 28.0. The number of hydrogen-bond acceptors (Lipinski definition) is 1. The minimum absolute atomic E-state index is 0.768. The van der Waals surface area contributed by atoms with E-state index in [-0.39, 0.29) is 0 Å². The molecule has 362 valence electrons. The second kappa shape index (κ2) is 18.0. The first-order chi connectivity index (χ1) is 38.1. The van der Waals surface area contributed by atoms with Crippen LogP contribution in [0.5, 0.6) is 0 Å². The predicted molar refractivity (Wildman–Crippen MR) is 325 cm³/mol. The maximum atomic E-state index is 17.2. The highest BCUT2D eigenvalue weighted by molar-refractivity contribution is 7.85. The molecule has 15 rings (SSSR count). The Labute approximate surface area is 446 Å². The summed E-state index contributed by atoms with van der Waals surface area (Å²) < 4.78 is 24.3. The molecule has 77 heavy (non-hydrogen) atoms. The second-order valence-electron chi connectivity index (χ2n) is 20.0. The van der Waals surface area contributed by atoms with Gasteiger partial charge in [-0.25, -0.2) is 0 Å². The van der Waals surface area contributed by atoms with Gasteiger partial charge in [0.1, 0.15) is 0 Å². The fraction of sp³-hybridized carbons (Fsp3) is 0. The van der Waals surface area contributed by atoms with Crippen LogP contribution in [-0.4, -0.2) is 13.7 Å². The number of para-hydroxylation sites is 6. The van der Waals surface area contributed by atoms with Gasteiger partial charge in [-0.1, -0.05) is 200 Å². The monoisotopic (exact) mass is 1000 g/mol. The van der Waals surface area contributed by atoms with E-state index in [0.29, 0.717) is 0 Å². The Morgan fingerprint density at radius 3 is 0.662 bits per heavy atom. The molecule has 15 aromatic rings. The van der Waals surface area contributed by atoms with E-state index in [1.807, 2.05) is 0 Å². The summed E-state index contributed by atoms with van der Waals surface area (Å²) >= 11 is 0. The highest BCUT2D eigenvalue weighted by Gasteiger charge is 2.31. The molecule has 3 aromatic heterocycles. The smallest absolute Gasteiger partial charge is 0.171 e. The normalized spacial score (nSPS) is 11.9. The lowest BCUT2D eigenvalue weighted by molar-refractivity contribution is 0.592. The molecule has 12 aromatic carbocycles. The van der Waals surface area contributed by atoms with Crippen molar-refractivity contribution in [2.75, 3.05) is 0 Å². The zero-order valence-corrected chi connectivity index (χ0v) is 42.8. The number of aromatic nitrogens is 3. The average molecular weight is 1000 g/mol. The van der Waals surface area contributed by atoms with Crippen molar-refractivity contribution < 1.29 is 4.57 Å². The van der Waals surface area contributed by atoms with E-state index in [0.717, 1.165) is 99.5 Å². The Bertz CT molecular complexity index is 4230. The predicted octanol–water partition coefficient (Wildman–Crippen LogP) is 17.6. The summed E-state index contributed by atoms with van der Waals surface area (Å²) in [5, 5.41) is 9.63. The van der Waals surface area contributed by atoms with Gasteiger partial charge in [0.15, 0.2) is 7.14 Å². The molecule has 5 heteroatoms. The number of hydrogen-bond donors (Lipinski definition) is 0. The largest absolute Gasteiger partial charge is 0.309 e. The molecule has 0 bridgehead atoms. The van der Waals surface area contributed by atoms with E-state index in [4.69, 9.17) is 0 Å². The third-order valence-electron chi connectivity index (χ3n) is 15.7. The van der Waals surface area contributed by atoms with E-state index >= 15 is 4.57 Å². The molecule has 0 unspecified atom stereocenters. The average Bonchev–Trinajstić information content (AvgIpc) is 4.23. The zero-order valence-electron chi connectivity index (χ0n) is 41.9. The Kier molecular flexibility index (Phi) is 10.5. The maximum absolute atomic E-state index is 17.2. The second-order valence-corrected chi connectivity index (χ2v) is 22.8. The number of rotatable bonds is 9. The van der Waals surface area contributed by atoms with E-state index in [9.17, 15) is 0 Å². The molecule has 0 fully saturated rings. The van der Waals surface area contributed by atoms with E-state index in [1.165, 1.54) is 32.3 Å². The van der Waals surface area contributed by atoms with Crippen molar-refractivity contribution in [3.63, 3.8) is 0 Å². The minimum Gasteiger partial charge on any atom is -0.309 e. The molecule has 0 amide bonds. The van der Waals surface area contributed by atoms with Crippen LogP contribution in [0.25, 0.3) is 116 Å². The van der Waals surface area contributed by atoms with Crippen molar-refractivity contribution in [1.82, 2.24) is 13.7 Å². The molecule has 0 atom stereocenters. The van der Waals surface area contributed by atoms with Gasteiger partial charge in [0, 0.05) is 65.3 Å². The molecule has 0 aliphatic carbocycles. The fourth-order valence-corrected chi connectivity index (χ4v) is 14.9. The molecule has 4 nitrogen and oxygen atoms in total. The molecule has 0 N–H and O–H groups in total. The summed E-state index contributed by atoms with van der Waals surface area (Å²) in [5.41, 5.74) is 16.3. The highest BCUT2D eigenvalue weighted by atomic mass is 31.2. The van der Waals surface area contributed by atoms with Gasteiger partial charge < -0.3 is 18.3 Å². The lowest BCUT2D eigenvalue weighted by Gasteiger charge is -2.22. The van der Waals surface area contributed by atoms with Gasteiger partial charge in [0.2, 0.25) is 0 Å². The Balaban J connectivity index is 0.884. The van der Waals surface area contributed by atoms with Gasteiger partial charge in [-0.05, 0) is 124 Å². The lowest BCUT2D eigenvalue weighted by atomic mass is 10.0. The van der Waals surface area contributed by atoms with Crippen LogP contribution in [0.2, 0.25) is 0 Å². The van der Waals surface area contributed by atoms with Crippen LogP contribution in [0.15, 0.2) is 291 Å². The summed E-state index contributed by atoms with van der Waals surface area (Å²) in [5.74, 6) is 0. The van der Waals surface area contributed by atoms with Gasteiger partial charge >= 0.3 is 0 Å². The van der Waals surface area contributed by atoms with Crippen molar-refractivity contribution in [1.29, 1.82) is 0 Å². The van der Waals surface area contributed by atoms with E-state index in [2.05, 4.69) is 305 Å². The molecule has 0 aliphatic heterocycles. The number of benzene rings is 12. The standard InChI is InChI=1S/C72H48N3OP/c76-77(58-28-16-22-52(46-58)49-19-13-25-55(43-49)73-67-37-7-1-31-61(67)62-32-2-8-38-68(62)73,59-29-17-23-53(47-59)50-20-14-26-56(44-50)74-69-39-9-3-33-63(69)64-34-4-10-40-70(64)74)60-30-18-24-54(48-60)51-21-15-27-57(45-51)75-71-41-11-5-35-65(71)66-36-6-12-42-72(66)75/h1-48H. The zero-order chi connectivity index (χ0) is 51.0. The molecule has 0 saturated carbocycles. The van der Waals surface area contributed by atoms with Crippen LogP contribution < -0.4 is 15.9 Å². The number of nitrogens with zero attached hydrogens (tertiary/aromatic N) is 3. The molecule has 0 radical (unpaired) electrons. The summed E-state index contributed by atoms with van der Waals surface area (Å²) in [6.07, 6.45) is 0. The minimum atomic E-state index is -3.61. The third kappa shape index (κ3) is 7.25. The third-order valence-corrected chi connectivity index (χ3v) is 18.7. The van der Waals surface area contributed by atoms with Crippen LogP contribution in [0.4, 0.5) is 0 Å². The quantitative estimate of drug-likeness (QED) is 0.133. The van der Waals surface area contributed by atoms with Gasteiger partial charge in [0.25, 0.3) is 0 Å². The molecule has 0 aliphatic rings. The van der Waals surface area contributed by atoms with Crippen LogP contribution in [-0.2, 0) is 4.57 Å². The Morgan fingerprint density at radius 1 is 0.208 bits per heavy atom. The van der Waals surface area contributed by atoms with E-state index < -0.39 is 7.14 Å². The molecule has 0 saturated heterocycles. The van der Waals surface area contributed by atoms with Gasteiger partial charge in [-0.15, -0.1) is 0 Å². The first kappa shape index (κ1) is 44.7. The van der Waals surface area contributed by atoms with Crippen LogP contribution in [0.3, 0.4) is 0 Å². The van der Waals surface area contributed by atoms with Crippen molar-refractivity contribution in [2.45, 2.75) is 0 Å². The van der Waals surface area contributed by atoms with Crippen LogP contribution in [0.1, 0.15) is 0 Å². The molecule has 3 heterocycles. The number of fused-ring (bicyclic) bond motifs is 9. The molecular weight excluding hydrogens is 954 g/mol. The fourth-order valence-electron chi connectivity index (χ4n) is 12.2. The summed E-state index contributed by atoms with van der Waals surface area (Å²) in [6.45, 7) is 0. The van der Waals surface area contributed by atoms with Gasteiger partial charge in [-0.2, -0.15) is 0 Å². The van der Waals surface area contributed by atoms with E-state index in [1.54, 1.807) is 0 Å². The van der Waals surface area contributed by atoms with Gasteiger partial charge in [-0.3, -0.25) is 0 Å². The summed E-state index contributed by atoms with van der Waals surface area (Å²) in [6, 6.07) is 103. The first-order valence-electron chi connectivity index (χ1n) is 26.3. The Morgan fingerprint density at radius 2 is 0.416 bits per heavy atom. The van der Waals surface area contributed by atoms with Crippen LogP contribution in [0, 0.1) is 0 Å². The van der Waals surface area contributed by atoms with Crippen molar-refractivity contribution in [3.8, 4) is 50.4 Å². The van der Waals surface area contributed by atoms with Crippen molar-refractivity contribution in [2.24, 2.45) is 0 Å². The highest BCUT2D eigenvalue weighted by Crippen LogP contribution is 2.46. The van der Waals surface area contributed by atoms with Crippen molar-refractivity contribution >= 4 is 88.5 Å². The van der Waals surface area contributed by atoms with Gasteiger partial charge in [0.05, 0.1) is 33.1 Å². The maximum Gasteiger partial charge on any atom is 0.171 e. The summed E-state index contributed by atoms with van der Waals surface area (Å²) in [4.78, 5) is 0. The van der Waals surface area contributed by atoms with Crippen LogP contribution >= 0.6 is 7.14 Å². The summed E-state index contributed by atoms with van der Waals surface area (Å²) in [7, 11) is -3.61. The lowest BCUT2D eigenvalue weighted by Crippen LogP contribution is -2.25. The molecule has 0 spiro atoms. The Hall–Kier alpha value is -9.73. The topological polar surface area (TPSA) is 31.9 Å². The SMILES string of the molecule is O=P(c1cccc(-c2cccc(-n3c4ccccc4c4ccccc43)c2)c1)(c1cccc(-c2cccc(-n3c4ccccc4c4ccccc43)c2)c1)c1cccc(-c2cccc(-n3c4ccccc4c4ccccc43)c2)c1. The van der Waals surface area contributed by atoms with Crippen molar-refractivity contribution in [3.05, 3.63) is 291 Å².